The topological polar surface area (TPSA) is 15.3 Å². The maximum absolute atomic E-state index is 3.75. The van der Waals surface area contributed by atoms with E-state index >= 15 is 0 Å². The predicted molar refractivity (Wildman–Crippen MR) is 76.7 cm³/mol. The van der Waals surface area contributed by atoms with Gasteiger partial charge in [-0.25, -0.2) is 0 Å². The second kappa shape index (κ2) is 5.13. The van der Waals surface area contributed by atoms with E-state index < -0.39 is 0 Å². The molecule has 0 aromatic carbocycles. The number of nitrogens with one attached hydrogen (secondary N) is 1. The largest absolute Gasteiger partial charge is 0.310 e. The van der Waals surface area contributed by atoms with Crippen molar-refractivity contribution in [1.82, 2.24) is 10.2 Å². The third-order valence-corrected chi connectivity index (χ3v) is 5.93. The maximum atomic E-state index is 3.75. The monoisotopic (exact) mass is 250 g/mol. The van der Waals surface area contributed by atoms with Crippen LogP contribution in [0.2, 0.25) is 0 Å². The molecule has 1 N–H and O–H groups in total. The molecule has 4 unspecified atom stereocenters. The Morgan fingerprint density at radius 2 is 2.17 bits per heavy atom. The summed E-state index contributed by atoms with van der Waals surface area (Å²) in [5, 5.41) is 3.75. The van der Waals surface area contributed by atoms with Crippen LogP contribution in [0.15, 0.2) is 0 Å². The van der Waals surface area contributed by atoms with E-state index in [1.165, 1.54) is 58.3 Å². The Morgan fingerprint density at radius 3 is 2.83 bits per heavy atom. The summed E-state index contributed by atoms with van der Waals surface area (Å²) in [6, 6.07) is 0. The number of rotatable bonds is 3. The van der Waals surface area contributed by atoms with Crippen molar-refractivity contribution >= 4 is 0 Å². The van der Waals surface area contributed by atoms with Gasteiger partial charge in [0.2, 0.25) is 0 Å². The molecule has 4 atom stereocenters. The molecule has 18 heavy (non-hydrogen) atoms. The fourth-order valence-corrected chi connectivity index (χ4v) is 4.65. The number of hydrogen-bond acceptors (Lipinski definition) is 2. The van der Waals surface area contributed by atoms with Gasteiger partial charge in [0.25, 0.3) is 0 Å². The molecule has 2 nitrogen and oxygen atoms in total. The molecule has 2 heteroatoms. The van der Waals surface area contributed by atoms with Crippen LogP contribution in [0.25, 0.3) is 0 Å². The Bertz CT molecular complexity index is 291. The van der Waals surface area contributed by atoms with Crippen molar-refractivity contribution in [2.75, 3.05) is 26.2 Å². The molecule has 1 heterocycles. The van der Waals surface area contributed by atoms with E-state index in [0.29, 0.717) is 5.54 Å². The van der Waals surface area contributed by atoms with Crippen LogP contribution < -0.4 is 5.32 Å². The van der Waals surface area contributed by atoms with Crippen molar-refractivity contribution in [3.8, 4) is 0 Å². The normalized spacial score (nSPS) is 45.3. The Balaban J connectivity index is 1.58. The van der Waals surface area contributed by atoms with E-state index in [0.717, 1.165) is 17.8 Å². The van der Waals surface area contributed by atoms with Crippen LogP contribution in [0.1, 0.15) is 52.4 Å². The minimum absolute atomic E-state index is 0.355. The molecule has 0 amide bonds. The van der Waals surface area contributed by atoms with Crippen molar-refractivity contribution in [1.29, 1.82) is 0 Å². The van der Waals surface area contributed by atoms with E-state index in [2.05, 4.69) is 24.1 Å². The molecule has 2 aliphatic carbocycles. The van der Waals surface area contributed by atoms with Crippen molar-refractivity contribution < 1.29 is 0 Å². The summed E-state index contributed by atoms with van der Waals surface area (Å²) in [5.74, 6) is 3.21. The summed E-state index contributed by atoms with van der Waals surface area (Å²) in [6.45, 7) is 9.91. The molecule has 3 rings (SSSR count). The van der Waals surface area contributed by atoms with Gasteiger partial charge < -0.3 is 10.2 Å². The summed E-state index contributed by atoms with van der Waals surface area (Å²) in [7, 11) is 0. The van der Waals surface area contributed by atoms with Crippen LogP contribution in [0.3, 0.4) is 0 Å². The number of hydrogen-bond donors (Lipinski definition) is 1. The fourth-order valence-electron chi connectivity index (χ4n) is 4.65. The fraction of sp³-hybridized carbons (Fsp3) is 1.00. The highest BCUT2D eigenvalue weighted by molar-refractivity contribution is 4.94. The lowest BCUT2D eigenvalue weighted by Gasteiger charge is -2.35. The second-order valence-corrected chi connectivity index (χ2v) is 7.36. The van der Waals surface area contributed by atoms with Gasteiger partial charge in [-0.1, -0.05) is 13.3 Å². The van der Waals surface area contributed by atoms with Gasteiger partial charge in [-0.15, -0.1) is 0 Å². The van der Waals surface area contributed by atoms with Gasteiger partial charge in [-0.3, -0.25) is 0 Å². The van der Waals surface area contributed by atoms with Gasteiger partial charge in [-0.2, -0.15) is 0 Å². The quantitative estimate of drug-likeness (QED) is 0.828. The van der Waals surface area contributed by atoms with Crippen LogP contribution >= 0.6 is 0 Å². The molecule has 1 aliphatic heterocycles. The van der Waals surface area contributed by atoms with Crippen molar-refractivity contribution in [2.24, 2.45) is 17.8 Å². The first-order chi connectivity index (χ1) is 8.68. The lowest BCUT2D eigenvalue weighted by molar-refractivity contribution is 0.162. The van der Waals surface area contributed by atoms with Gasteiger partial charge in [0.1, 0.15) is 0 Å². The lowest BCUT2D eigenvalue weighted by atomic mass is 9.88. The van der Waals surface area contributed by atoms with Crippen molar-refractivity contribution in [3.05, 3.63) is 0 Å². The summed E-state index contributed by atoms with van der Waals surface area (Å²) in [5.41, 5.74) is 0.355. The minimum atomic E-state index is 0.355. The summed E-state index contributed by atoms with van der Waals surface area (Å²) < 4.78 is 0. The molecule has 3 aliphatic rings. The van der Waals surface area contributed by atoms with E-state index in [4.69, 9.17) is 0 Å². The second-order valence-electron chi connectivity index (χ2n) is 7.36. The molecule has 2 bridgehead atoms. The lowest BCUT2D eigenvalue weighted by Crippen LogP contribution is -2.49. The molecule has 104 valence electrons. The minimum Gasteiger partial charge on any atom is -0.310 e. The zero-order valence-electron chi connectivity index (χ0n) is 12.3. The summed E-state index contributed by atoms with van der Waals surface area (Å²) in [6.07, 6.45) is 8.75. The standard InChI is InChI=1S/C16H30N2/c1-3-16(2)12-18(8-4-7-17-16)11-15-10-13-5-6-14(15)9-13/h13-15,17H,3-12H2,1-2H3. The SMILES string of the molecule is CCC1(C)CN(CC2CC3CCC2C3)CCCN1. The Morgan fingerprint density at radius 1 is 1.28 bits per heavy atom. The van der Waals surface area contributed by atoms with Gasteiger partial charge in [0.15, 0.2) is 0 Å². The highest BCUT2D eigenvalue weighted by atomic mass is 15.2. The van der Waals surface area contributed by atoms with E-state index in [1.54, 1.807) is 6.42 Å². The molecular formula is C16H30N2. The first kappa shape index (κ1) is 12.9. The number of nitrogens with zero attached hydrogens (tertiary/aromatic N) is 1. The molecule has 3 fully saturated rings. The van der Waals surface area contributed by atoms with Crippen molar-refractivity contribution in [3.63, 3.8) is 0 Å². The zero-order valence-corrected chi connectivity index (χ0v) is 12.3. The highest BCUT2D eigenvalue weighted by Gasteiger charge is 2.40. The third kappa shape index (κ3) is 2.60. The Hall–Kier alpha value is -0.0800. The summed E-state index contributed by atoms with van der Waals surface area (Å²) >= 11 is 0. The Labute approximate surface area is 113 Å². The maximum Gasteiger partial charge on any atom is 0.0277 e. The van der Waals surface area contributed by atoms with Crippen LogP contribution in [0.5, 0.6) is 0 Å². The summed E-state index contributed by atoms with van der Waals surface area (Å²) in [4.78, 5) is 2.77. The first-order valence-electron chi connectivity index (χ1n) is 8.16. The first-order valence-corrected chi connectivity index (χ1v) is 8.16. The van der Waals surface area contributed by atoms with Gasteiger partial charge in [0.05, 0.1) is 0 Å². The molecule has 0 spiro atoms. The van der Waals surface area contributed by atoms with E-state index in [-0.39, 0.29) is 0 Å². The van der Waals surface area contributed by atoms with E-state index in [9.17, 15) is 0 Å². The molecular weight excluding hydrogens is 220 g/mol. The molecule has 1 saturated heterocycles. The van der Waals surface area contributed by atoms with Crippen LogP contribution in [0, 0.1) is 17.8 Å². The van der Waals surface area contributed by atoms with Gasteiger partial charge in [0, 0.05) is 18.6 Å². The third-order valence-electron chi connectivity index (χ3n) is 5.93. The smallest absolute Gasteiger partial charge is 0.0277 e. The average Bonchev–Trinajstić information content (AvgIpc) is 2.91. The van der Waals surface area contributed by atoms with Crippen LogP contribution in [-0.2, 0) is 0 Å². The predicted octanol–water partition coefficient (Wildman–Crippen LogP) is 2.89. The van der Waals surface area contributed by atoms with Gasteiger partial charge >= 0.3 is 0 Å². The average molecular weight is 250 g/mol. The molecule has 2 saturated carbocycles. The highest BCUT2D eigenvalue weighted by Crippen LogP contribution is 2.48. The van der Waals surface area contributed by atoms with Gasteiger partial charge in [-0.05, 0) is 69.9 Å². The van der Waals surface area contributed by atoms with E-state index in [1.807, 2.05) is 0 Å². The van der Waals surface area contributed by atoms with Crippen LogP contribution in [-0.4, -0.2) is 36.6 Å². The van der Waals surface area contributed by atoms with Crippen molar-refractivity contribution in [2.45, 2.75) is 57.9 Å². The molecule has 0 aromatic rings. The molecule has 0 aromatic heterocycles. The molecule has 0 radical (unpaired) electrons. The van der Waals surface area contributed by atoms with Crippen LogP contribution in [0.4, 0.5) is 0 Å². The zero-order chi connectivity index (χ0) is 12.6. The number of fused-ring (bicyclic) bond motifs is 2. The Kier molecular flexibility index (Phi) is 3.68.